The van der Waals surface area contributed by atoms with Crippen LogP contribution in [0.1, 0.15) is 0 Å². The van der Waals surface area contributed by atoms with Crippen LogP contribution in [0, 0.1) is 0 Å². The lowest BCUT2D eigenvalue weighted by molar-refractivity contribution is 0.174. The van der Waals surface area contributed by atoms with Gasteiger partial charge in [-0.05, 0) is 17.7 Å². The van der Waals surface area contributed by atoms with Crippen molar-refractivity contribution in [1.82, 2.24) is 25.2 Å². The third-order valence-electron chi connectivity index (χ3n) is 3.41. The number of hydrogen-bond acceptors (Lipinski definition) is 6. The van der Waals surface area contributed by atoms with Crippen LogP contribution in [0.3, 0.4) is 0 Å². The van der Waals surface area contributed by atoms with E-state index >= 15 is 0 Å². The van der Waals surface area contributed by atoms with Crippen molar-refractivity contribution in [2.45, 2.75) is 0 Å². The smallest absolute Gasteiger partial charge is 0.231 e. The number of nitrogens with two attached hydrogens (primary N) is 1. The van der Waals surface area contributed by atoms with Gasteiger partial charge in [0.05, 0.1) is 11.8 Å². The molecule has 0 amide bonds. The van der Waals surface area contributed by atoms with E-state index in [4.69, 9.17) is 15.2 Å². The van der Waals surface area contributed by atoms with Crippen molar-refractivity contribution >= 4 is 5.82 Å². The molecule has 106 valence electrons. The molecule has 0 spiro atoms. The SMILES string of the molecule is Cn1nc(-c2cn[nH]n2)c(-c2ccc3c(c2)OCO3)c1N. The van der Waals surface area contributed by atoms with Crippen LogP contribution in [0.4, 0.5) is 5.82 Å². The summed E-state index contributed by atoms with van der Waals surface area (Å²) in [6.45, 7) is 0.234. The maximum absolute atomic E-state index is 6.16. The summed E-state index contributed by atoms with van der Waals surface area (Å²) in [5.41, 5.74) is 9.15. The number of anilines is 1. The second-order valence-corrected chi connectivity index (χ2v) is 4.66. The zero-order valence-electron chi connectivity index (χ0n) is 11.2. The first-order valence-corrected chi connectivity index (χ1v) is 6.32. The number of hydrogen-bond donors (Lipinski definition) is 2. The molecule has 0 radical (unpaired) electrons. The molecule has 8 nitrogen and oxygen atoms in total. The van der Waals surface area contributed by atoms with Crippen LogP contribution in [0.15, 0.2) is 24.4 Å². The average Bonchev–Trinajstić information content (AvgIpc) is 3.20. The normalized spacial score (nSPS) is 12.8. The second kappa shape index (κ2) is 4.23. The number of ether oxygens (including phenoxy) is 2. The molecule has 8 heteroatoms. The zero-order chi connectivity index (χ0) is 14.4. The number of fused-ring (bicyclic) bond motifs is 1. The van der Waals surface area contributed by atoms with E-state index in [-0.39, 0.29) is 6.79 Å². The first kappa shape index (κ1) is 11.8. The fourth-order valence-corrected chi connectivity index (χ4v) is 2.37. The minimum atomic E-state index is 0.234. The highest BCUT2D eigenvalue weighted by atomic mass is 16.7. The minimum absolute atomic E-state index is 0.234. The molecule has 3 N–H and O–H groups in total. The second-order valence-electron chi connectivity index (χ2n) is 4.66. The lowest BCUT2D eigenvalue weighted by atomic mass is 10.0. The Morgan fingerprint density at radius 3 is 2.95 bits per heavy atom. The quantitative estimate of drug-likeness (QED) is 0.732. The van der Waals surface area contributed by atoms with E-state index in [1.807, 2.05) is 18.2 Å². The Bertz CT molecular complexity index is 808. The number of aryl methyl sites for hydroxylation is 1. The first-order valence-electron chi connectivity index (χ1n) is 6.32. The number of benzene rings is 1. The average molecular weight is 284 g/mol. The Morgan fingerprint density at radius 1 is 1.29 bits per heavy atom. The Kier molecular flexibility index (Phi) is 2.37. The van der Waals surface area contributed by atoms with Crippen LogP contribution >= 0.6 is 0 Å². The van der Waals surface area contributed by atoms with Gasteiger partial charge in [-0.2, -0.15) is 20.5 Å². The number of rotatable bonds is 2. The van der Waals surface area contributed by atoms with Gasteiger partial charge in [0.15, 0.2) is 11.5 Å². The van der Waals surface area contributed by atoms with Gasteiger partial charge in [0, 0.05) is 7.05 Å². The molecule has 21 heavy (non-hydrogen) atoms. The van der Waals surface area contributed by atoms with Crippen LogP contribution in [-0.4, -0.2) is 32.0 Å². The maximum Gasteiger partial charge on any atom is 0.231 e. The summed E-state index contributed by atoms with van der Waals surface area (Å²) in [6.07, 6.45) is 1.61. The van der Waals surface area contributed by atoms with E-state index in [0.29, 0.717) is 23.0 Å². The summed E-state index contributed by atoms with van der Waals surface area (Å²) in [5.74, 6) is 1.97. The summed E-state index contributed by atoms with van der Waals surface area (Å²) >= 11 is 0. The van der Waals surface area contributed by atoms with Crippen LogP contribution in [-0.2, 0) is 7.05 Å². The third-order valence-corrected chi connectivity index (χ3v) is 3.41. The molecule has 3 aromatic rings. The van der Waals surface area contributed by atoms with Crippen molar-refractivity contribution in [2.75, 3.05) is 12.5 Å². The summed E-state index contributed by atoms with van der Waals surface area (Å²) < 4.78 is 12.4. The van der Waals surface area contributed by atoms with Gasteiger partial charge in [-0.25, -0.2) is 0 Å². The van der Waals surface area contributed by atoms with Gasteiger partial charge in [0.25, 0.3) is 0 Å². The lowest BCUT2D eigenvalue weighted by Crippen LogP contribution is -1.98. The highest BCUT2D eigenvalue weighted by molar-refractivity contribution is 5.87. The molecule has 1 aromatic carbocycles. The van der Waals surface area contributed by atoms with Crippen LogP contribution in [0.25, 0.3) is 22.5 Å². The molecule has 1 aliphatic rings. The van der Waals surface area contributed by atoms with E-state index < -0.39 is 0 Å². The van der Waals surface area contributed by atoms with Gasteiger partial charge < -0.3 is 15.2 Å². The van der Waals surface area contributed by atoms with Crippen LogP contribution < -0.4 is 15.2 Å². The van der Waals surface area contributed by atoms with E-state index in [9.17, 15) is 0 Å². The Labute approximate surface area is 119 Å². The number of aromatic amines is 1. The van der Waals surface area contributed by atoms with Crippen molar-refractivity contribution in [3.8, 4) is 34.0 Å². The summed E-state index contributed by atoms with van der Waals surface area (Å²) in [6, 6.07) is 5.67. The van der Waals surface area contributed by atoms with E-state index in [0.717, 1.165) is 16.9 Å². The standard InChI is InChI=1S/C13H12N6O2/c1-19-13(14)11(12(17-19)8-5-15-18-16-8)7-2-3-9-10(4-7)21-6-20-9/h2-5H,6,14H2,1H3,(H,15,16,18). The van der Waals surface area contributed by atoms with Gasteiger partial charge in [0.1, 0.15) is 17.2 Å². The van der Waals surface area contributed by atoms with Crippen molar-refractivity contribution < 1.29 is 9.47 Å². The minimum Gasteiger partial charge on any atom is -0.454 e. The van der Waals surface area contributed by atoms with E-state index in [1.54, 1.807) is 17.9 Å². The third kappa shape index (κ3) is 1.72. The summed E-state index contributed by atoms with van der Waals surface area (Å²) in [7, 11) is 1.79. The molecule has 4 rings (SSSR count). The molecule has 1 aliphatic heterocycles. The molecule has 2 aromatic heterocycles. The molecule has 0 saturated heterocycles. The fourth-order valence-electron chi connectivity index (χ4n) is 2.37. The van der Waals surface area contributed by atoms with Crippen molar-refractivity contribution in [3.05, 3.63) is 24.4 Å². The van der Waals surface area contributed by atoms with Gasteiger partial charge in [-0.1, -0.05) is 6.07 Å². The van der Waals surface area contributed by atoms with Crippen molar-refractivity contribution in [2.24, 2.45) is 7.05 Å². The molecule has 0 saturated carbocycles. The van der Waals surface area contributed by atoms with Crippen molar-refractivity contribution in [1.29, 1.82) is 0 Å². The number of aromatic nitrogens is 5. The number of nitrogens with one attached hydrogen (secondary N) is 1. The molecule has 3 heterocycles. The predicted octanol–water partition coefficient (Wildman–Crippen LogP) is 1.18. The van der Waals surface area contributed by atoms with Crippen LogP contribution in [0.2, 0.25) is 0 Å². The fraction of sp³-hybridized carbons (Fsp3) is 0.154. The highest BCUT2D eigenvalue weighted by Gasteiger charge is 2.21. The molecule has 0 unspecified atom stereocenters. The number of H-pyrrole nitrogens is 1. The van der Waals surface area contributed by atoms with Crippen LogP contribution in [0.5, 0.6) is 11.5 Å². The summed E-state index contributed by atoms with van der Waals surface area (Å²) in [5, 5.41) is 14.9. The summed E-state index contributed by atoms with van der Waals surface area (Å²) in [4.78, 5) is 0. The van der Waals surface area contributed by atoms with Gasteiger partial charge in [-0.3, -0.25) is 4.68 Å². The lowest BCUT2D eigenvalue weighted by Gasteiger charge is -2.04. The van der Waals surface area contributed by atoms with Gasteiger partial charge >= 0.3 is 0 Å². The molecule has 0 atom stereocenters. The molecule has 0 aliphatic carbocycles. The van der Waals surface area contributed by atoms with Gasteiger partial charge in [-0.15, -0.1) is 0 Å². The molecular weight excluding hydrogens is 272 g/mol. The topological polar surface area (TPSA) is 104 Å². The maximum atomic E-state index is 6.16. The monoisotopic (exact) mass is 284 g/mol. The Hall–Kier alpha value is -3.03. The van der Waals surface area contributed by atoms with E-state index in [1.165, 1.54) is 0 Å². The van der Waals surface area contributed by atoms with Crippen molar-refractivity contribution in [3.63, 3.8) is 0 Å². The number of nitrogens with zero attached hydrogens (tertiary/aromatic N) is 4. The Balaban J connectivity index is 1.92. The Morgan fingerprint density at radius 2 is 2.14 bits per heavy atom. The van der Waals surface area contributed by atoms with Gasteiger partial charge in [0.2, 0.25) is 6.79 Å². The predicted molar refractivity (Wildman–Crippen MR) is 74.6 cm³/mol. The van der Waals surface area contributed by atoms with E-state index in [2.05, 4.69) is 20.5 Å². The zero-order valence-corrected chi connectivity index (χ0v) is 11.2. The largest absolute Gasteiger partial charge is 0.454 e. The first-order chi connectivity index (χ1) is 10.2. The highest BCUT2D eigenvalue weighted by Crippen LogP contribution is 2.40. The molecule has 0 fully saturated rings. The molecule has 0 bridgehead atoms. The molecular formula is C13H12N6O2. The number of nitrogen functional groups attached to an aromatic ring is 1.